The molecule has 0 atom stereocenters. The van der Waals surface area contributed by atoms with E-state index in [9.17, 15) is 19.8 Å². The molecule has 8 N–H and O–H groups in total. The Hall–Kier alpha value is -3.47. The van der Waals surface area contributed by atoms with E-state index in [1.165, 1.54) is 36.8 Å². The Kier molecular flexibility index (Phi) is 6.25. The van der Waals surface area contributed by atoms with Crippen LogP contribution in [0.15, 0.2) is 41.7 Å². The fourth-order valence-corrected chi connectivity index (χ4v) is 3.22. The zero-order chi connectivity index (χ0) is 22.8. The first-order valence-electron chi connectivity index (χ1n) is 8.83. The molecule has 0 unspecified atom stereocenters. The fourth-order valence-electron chi connectivity index (χ4n) is 2.89. The number of benzene rings is 2. The molecule has 1 heterocycles. The van der Waals surface area contributed by atoms with Gasteiger partial charge in [-0.15, -0.1) is 0 Å². The maximum absolute atomic E-state index is 12.6. The largest absolute Gasteiger partial charge is 0.506 e. The molecule has 12 heteroatoms. The number of amides is 2. The first kappa shape index (κ1) is 22.2. The molecule has 2 aromatic carbocycles. The number of anilines is 4. The molecular weight excluding hydrogens is 447 g/mol. The highest BCUT2D eigenvalue weighted by Crippen LogP contribution is 2.33. The zero-order valence-corrected chi connectivity index (χ0v) is 17.5. The molecule has 0 fully saturated rings. The number of phenols is 2. The van der Waals surface area contributed by atoms with Gasteiger partial charge in [-0.25, -0.2) is 9.48 Å². The van der Waals surface area contributed by atoms with Gasteiger partial charge in [0.2, 0.25) is 0 Å². The second-order valence-corrected chi connectivity index (χ2v) is 7.67. The Morgan fingerprint density at radius 3 is 1.74 bits per heavy atom. The van der Waals surface area contributed by atoms with Crippen LogP contribution in [0.5, 0.6) is 11.5 Å². The number of aliphatic imine (C=N–C) groups is 1. The normalized spacial score (nSPS) is 13.9. The van der Waals surface area contributed by atoms with Crippen LogP contribution < -0.4 is 22.1 Å². The van der Waals surface area contributed by atoms with Crippen LogP contribution in [0.2, 0.25) is 10.0 Å². The topological polar surface area (TPSA) is 163 Å². The number of nitrogens with one attached hydrogen (secondary N) is 2. The highest BCUT2D eigenvalue weighted by atomic mass is 35.5. The first-order chi connectivity index (χ1) is 14.6. The lowest BCUT2D eigenvalue weighted by molar-refractivity contribution is -0.760. The van der Waals surface area contributed by atoms with Gasteiger partial charge in [0, 0.05) is 12.1 Å². The summed E-state index contributed by atoms with van der Waals surface area (Å²) >= 11 is 11.9. The number of nitrogens with zero attached hydrogens (tertiary/aromatic N) is 2. The summed E-state index contributed by atoms with van der Waals surface area (Å²) in [4.78, 5) is 29.2. The van der Waals surface area contributed by atoms with Crippen molar-refractivity contribution in [3.63, 3.8) is 0 Å². The molecule has 2 amide bonds. The summed E-state index contributed by atoms with van der Waals surface area (Å²) < 4.78 is -0.232. The molecule has 0 saturated heterocycles. The molecule has 0 spiro atoms. The Bertz CT molecular complexity index is 1030. The Labute approximate surface area is 187 Å². The zero-order valence-electron chi connectivity index (χ0n) is 16.0. The van der Waals surface area contributed by atoms with E-state index in [4.69, 9.17) is 34.7 Å². The van der Waals surface area contributed by atoms with E-state index in [-0.39, 0.29) is 61.9 Å². The second kappa shape index (κ2) is 8.72. The van der Waals surface area contributed by atoms with E-state index >= 15 is 0 Å². The minimum absolute atomic E-state index is 0.0772. The van der Waals surface area contributed by atoms with Gasteiger partial charge >= 0.3 is 0 Å². The monoisotopic (exact) mass is 465 g/mol. The van der Waals surface area contributed by atoms with Gasteiger partial charge in [0.25, 0.3) is 11.8 Å². The van der Waals surface area contributed by atoms with E-state index in [1.54, 1.807) is 6.20 Å². The van der Waals surface area contributed by atoms with Gasteiger partial charge in [-0.1, -0.05) is 23.2 Å². The molecule has 0 bridgehead atoms. The third-order valence-corrected chi connectivity index (χ3v) is 5.06. The van der Waals surface area contributed by atoms with Crippen LogP contribution in [0.3, 0.4) is 0 Å². The lowest BCUT2D eigenvalue weighted by Crippen LogP contribution is -2.50. The number of hydrogen-bond donors (Lipinski definition) is 6. The maximum atomic E-state index is 12.6. The third-order valence-electron chi connectivity index (χ3n) is 4.40. The summed E-state index contributed by atoms with van der Waals surface area (Å²) in [7, 11) is 0. The van der Waals surface area contributed by atoms with Crippen LogP contribution >= 0.6 is 23.2 Å². The second-order valence-electron chi connectivity index (χ2n) is 6.86. The minimum Gasteiger partial charge on any atom is -0.506 e. The summed E-state index contributed by atoms with van der Waals surface area (Å²) in [6.07, 6.45) is 4.44. The van der Waals surface area contributed by atoms with Crippen molar-refractivity contribution in [3.8, 4) is 11.5 Å². The van der Waals surface area contributed by atoms with E-state index in [1.807, 2.05) is 0 Å². The van der Waals surface area contributed by atoms with Crippen LogP contribution in [-0.4, -0.2) is 45.9 Å². The number of carbonyl (C=O) groups is 2. The molecule has 2 aromatic rings. The predicted octanol–water partition coefficient (Wildman–Crippen LogP) is 2.48. The minimum atomic E-state index is -0.514. The fraction of sp³-hybridized carbons (Fsp3) is 0.105. The molecule has 0 aromatic heterocycles. The maximum Gasteiger partial charge on any atom is 0.280 e. The van der Waals surface area contributed by atoms with Crippen molar-refractivity contribution in [2.24, 2.45) is 4.99 Å². The van der Waals surface area contributed by atoms with Crippen LogP contribution in [0.1, 0.15) is 0 Å². The number of hydrogen-bond acceptors (Lipinski definition) is 7. The standard InChI is InChI=1S/C19H18Cl2N6O4/c20-10-3-14(16(28)5-12(10)22)25-18(30)7-27(2-1-24-9-27)8-19(31)26-15-4-11(21)13(23)6-17(15)29/h1-6,9H,7-8,22-23H2,(H3-,25,26,28,29,30,31)/p+1. The lowest BCUT2D eigenvalue weighted by atomic mass is 10.2. The summed E-state index contributed by atoms with van der Waals surface area (Å²) in [5, 5.41) is 25.3. The molecule has 10 nitrogen and oxygen atoms in total. The first-order valence-corrected chi connectivity index (χ1v) is 9.58. The molecule has 3 rings (SSSR count). The van der Waals surface area contributed by atoms with Gasteiger partial charge in [0.1, 0.15) is 17.7 Å². The molecule has 162 valence electrons. The van der Waals surface area contributed by atoms with Crippen molar-refractivity contribution in [2.45, 2.75) is 0 Å². The molecule has 1 aliphatic rings. The molecule has 0 radical (unpaired) electrons. The Morgan fingerprint density at radius 1 is 0.903 bits per heavy atom. The van der Waals surface area contributed by atoms with Crippen molar-refractivity contribution in [1.82, 2.24) is 0 Å². The van der Waals surface area contributed by atoms with E-state index in [0.717, 1.165) is 0 Å². The average Bonchev–Trinajstić information content (AvgIpc) is 3.11. The average molecular weight is 466 g/mol. The number of nitrogens with two attached hydrogens (primary N) is 2. The van der Waals surface area contributed by atoms with E-state index in [2.05, 4.69) is 15.6 Å². The number of nitrogen functional groups attached to an aromatic ring is 2. The molecule has 0 aliphatic carbocycles. The predicted molar refractivity (Wildman–Crippen MR) is 120 cm³/mol. The highest BCUT2D eigenvalue weighted by molar-refractivity contribution is 6.34. The highest BCUT2D eigenvalue weighted by Gasteiger charge is 2.33. The van der Waals surface area contributed by atoms with Gasteiger partial charge < -0.3 is 32.3 Å². The van der Waals surface area contributed by atoms with Crippen molar-refractivity contribution in [2.75, 3.05) is 35.2 Å². The summed E-state index contributed by atoms with van der Waals surface area (Å²) in [6, 6.07) is 5.08. The van der Waals surface area contributed by atoms with Crippen LogP contribution in [0.25, 0.3) is 0 Å². The summed E-state index contributed by atoms with van der Waals surface area (Å²) in [6.45, 7) is -0.410. The number of aromatic hydroxyl groups is 2. The van der Waals surface area contributed by atoms with Crippen LogP contribution in [0, 0.1) is 0 Å². The van der Waals surface area contributed by atoms with Crippen molar-refractivity contribution < 1.29 is 24.3 Å². The van der Waals surface area contributed by atoms with Gasteiger partial charge in [-0.2, -0.15) is 0 Å². The summed E-state index contributed by atoms with van der Waals surface area (Å²) in [5.41, 5.74) is 11.7. The van der Waals surface area contributed by atoms with Crippen molar-refractivity contribution >= 4 is 64.1 Å². The quantitative estimate of drug-likeness (QED) is 0.218. The lowest BCUT2D eigenvalue weighted by Gasteiger charge is -2.26. The molecule has 0 saturated carbocycles. The van der Waals surface area contributed by atoms with Crippen molar-refractivity contribution in [1.29, 1.82) is 0 Å². The molecule has 1 aliphatic heterocycles. The third kappa shape index (κ3) is 5.18. The van der Waals surface area contributed by atoms with Gasteiger partial charge in [-0.05, 0) is 12.1 Å². The number of carbonyl (C=O) groups excluding carboxylic acids is 2. The number of quaternary nitrogens is 1. The number of halogens is 2. The van der Waals surface area contributed by atoms with E-state index < -0.39 is 11.8 Å². The van der Waals surface area contributed by atoms with Gasteiger partial charge in [-0.3, -0.25) is 9.59 Å². The number of phenolic OH excluding ortho intramolecular Hbond substituents is 2. The molecular formula is C19H19Cl2N6O4+. The van der Waals surface area contributed by atoms with E-state index in [0.29, 0.717) is 0 Å². The van der Waals surface area contributed by atoms with Crippen LogP contribution in [-0.2, 0) is 9.59 Å². The smallest absolute Gasteiger partial charge is 0.280 e. The number of rotatable bonds is 6. The van der Waals surface area contributed by atoms with Crippen molar-refractivity contribution in [3.05, 3.63) is 46.7 Å². The molecule has 31 heavy (non-hydrogen) atoms. The summed E-state index contributed by atoms with van der Waals surface area (Å²) in [5.74, 6) is -1.53. The van der Waals surface area contributed by atoms with Gasteiger partial charge in [0.05, 0.1) is 39.0 Å². The van der Waals surface area contributed by atoms with Gasteiger partial charge in [0.15, 0.2) is 19.4 Å². The Morgan fingerprint density at radius 2 is 1.35 bits per heavy atom. The SMILES string of the molecule is Nc1cc(O)c(NC(=O)C[N+]2(CC(=O)Nc3cc(Cl)c(N)cc3O)C=CN=C2)cc1Cl. The Balaban J connectivity index is 1.71. The van der Waals surface area contributed by atoms with Crippen LogP contribution in [0.4, 0.5) is 22.7 Å².